The van der Waals surface area contributed by atoms with Crippen molar-refractivity contribution in [2.24, 2.45) is 5.41 Å². The van der Waals surface area contributed by atoms with Crippen LogP contribution in [0.4, 0.5) is 24.7 Å². The number of anilines is 2. The Balaban J connectivity index is 1.31. The van der Waals surface area contributed by atoms with Crippen LogP contribution in [0.1, 0.15) is 24.0 Å². The highest BCUT2D eigenvalue weighted by atomic mass is 32.2. The summed E-state index contributed by atoms with van der Waals surface area (Å²) < 4.78 is 70.7. The van der Waals surface area contributed by atoms with E-state index in [2.05, 4.69) is 15.2 Å². The Morgan fingerprint density at radius 3 is 2.45 bits per heavy atom. The van der Waals surface area contributed by atoms with E-state index in [0.717, 1.165) is 42.1 Å². The summed E-state index contributed by atoms with van der Waals surface area (Å²) in [6.45, 7) is 2.64. The summed E-state index contributed by atoms with van der Waals surface area (Å²) in [6.07, 6.45) is 2.51. The highest BCUT2D eigenvalue weighted by Crippen LogP contribution is 2.53. The van der Waals surface area contributed by atoms with Crippen LogP contribution in [0.3, 0.4) is 0 Å². The van der Waals surface area contributed by atoms with Gasteiger partial charge in [0.05, 0.1) is 5.51 Å². The van der Waals surface area contributed by atoms with E-state index in [1.807, 2.05) is 10.8 Å². The molecule has 174 valence electrons. The fourth-order valence-corrected chi connectivity index (χ4v) is 5.94. The average Bonchev–Trinajstić information content (AvgIpc) is 3.35. The summed E-state index contributed by atoms with van der Waals surface area (Å²) in [5.41, 5.74) is 3.10. The van der Waals surface area contributed by atoms with Gasteiger partial charge < -0.3 is 5.32 Å². The van der Waals surface area contributed by atoms with Crippen molar-refractivity contribution in [2.75, 3.05) is 23.1 Å². The van der Waals surface area contributed by atoms with Gasteiger partial charge in [-0.05, 0) is 42.0 Å². The highest BCUT2D eigenvalue weighted by molar-refractivity contribution is 7.92. The number of halogens is 3. The summed E-state index contributed by atoms with van der Waals surface area (Å²) in [5, 5.41) is 4.22. The summed E-state index contributed by atoms with van der Waals surface area (Å²) in [4.78, 5) is 4.92. The zero-order valence-corrected chi connectivity index (χ0v) is 19.1. The number of thiazole rings is 1. The molecule has 5 rings (SSSR count). The summed E-state index contributed by atoms with van der Waals surface area (Å²) in [5.74, 6) is -2.95. The molecule has 1 spiro atoms. The molecule has 1 aliphatic heterocycles. The molecule has 2 N–H and O–H groups in total. The van der Waals surface area contributed by atoms with Crippen molar-refractivity contribution in [3.8, 4) is 0 Å². The van der Waals surface area contributed by atoms with Crippen molar-refractivity contribution in [1.82, 2.24) is 9.88 Å². The minimum Gasteiger partial charge on any atom is -0.381 e. The van der Waals surface area contributed by atoms with Crippen molar-refractivity contribution >= 4 is 32.9 Å². The number of hydrogen-bond acceptors (Lipinski definition) is 6. The molecular weight excluding hydrogens is 473 g/mol. The summed E-state index contributed by atoms with van der Waals surface area (Å²) in [7, 11) is -4.51. The van der Waals surface area contributed by atoms with Crippen molar-refractivity contribution in [3.05, 3.63) is 69.8 Å². The molecule has 0 bridgehead atoms. The molecule has 11 heteroatoms. The molecule has 1 saturated carbocycles. The van der Waals surface area contributed by atoms with E-state index in [1.54, 1.807) is 6.07 Å². The molecule has 0 amide bonds. The maximum absolute atomic E-state index is 14.6. The second-order valence-corrected chi connectivity index (χ2v) is 11.0. The van der Waals surface area contributed by atoms with Crippen molar-refractivity contribution in [1.29, 1.82) is 0 Å². The monoisotopic (exact) mass is 494 g/mol. The minimum atomic E-state index is -4.51. The number of likely N-dealkylation sites (tertiary alicyclic amines) is 1. The van der Waals surface area contributed by atoms with Crippen molar-refractivity contribution < 1.29 is 21.6 Å². The number of hydrogen-bond donors (Lipinski definition) is 2. The zero-order valence-electron chi connectivity index (χ0n) is 17.4. The first kappa shape index (κ1) is 22.2. The largest absolute Gasteiger partial charge is 0.381 e. The van der Waals surface area contributed by atoms with Gasteiger partial charge in [-0.25, -0.2) is 26.6 Å². The molecule has 6 nitrogen and oxygen atoms in total. The molecule has 1 saturated heterocycles. The van der Waals surface area contributed by atoms with E-state index in [9.17, 15) is 21.6 Å². The van der Waals surface area contributed by atoms with E-state index >= 15 is 0 Å². The van der Waals surface area contributed by atoms with E-state index in [-0.39, 0.29) is 18.1 Å². The van der Waals surface area contributed by atoms with Gasteiger partial charge in [0.25, 0.3) is 10.0 Å². The van der Waals surface area contributed by atoms with Crippen LogP contribution in [-0.2, 0) is 23.1 Å². The van der Waals surface area contributed by atoms with Gasteiger partial charge >= 0.3 is 0 Å². The van der Waals surface area contributed by atoms with Gasteiger partial charge in [0, 0.05) is 42.8 Å². The molecule has 1 aliphatic carbocycles. The predicted octanol–water partition coefficient (Wildman–Crippen LogP) is 4.57. The Kier molecular flexibility index (Phi) is 5.58. The number of benzene rings is 2. The molecule has 2 heterocycles. The zero-order chi connectivity index (χ0) is 23.2. The van der Waals surface area contributed by atoms with Crippen LogP contribution in [0.25, 0.3) is 0 Å². The van der Waals surface area contributed by atoms with E-state index < -0.39 is 32.4 Å². The van der Waals surface area contributed by atoms with E-state index in [0.29, 0.717) is 17.5 Å². The summed E-state index contributed by atoms with van der Waals surface area (Å²) in [6, 6.07) is 6.60. The third-order valence-electron chi connectivity index (χ3n) is 6.09. The number of rotatable bonds is 8. The van der Waals surface area contributed by atoms with Crippen LogP contribution >= 0.6 is 11.3 Å². The second-order valence-electron chi connectivity index (χ2n) is 8.62. The van der Waals surface area contributed by atoms with Gasteiger partial charge in [-0.1, -0.05) is 12.1 Å². The van der Waals surface area contributed by atoms with Gasteiger partial charge in [0.2, 0.25) is 0 Å². The lowest BCUT2D eigenvalue weighted by Crippen LogP contribution is -2.47. The predicted molar refractivity (Wildman–Crippen MR) is 120 cm³/mol. The molecular formula is C22H21F3N4O2S2. The topological polar surface area (TPSA) is 74.3 Å². The molecule has 33 heavy (non-hydrogen) atoms. The lowest BCUT2D eigenvalue weighted by molar-refractivity contribution is 0.0735. The van der Waals surface area contributed by atoms with Gasteiger partial charge in [-0.15, -0.1) is 11.3 Å². The first-order valence-corrected chi connectivity index (χ1v) is 12.8. The molecule has 0 atom stereocenters. The van der Waals surface area contributed by atoms with Crippen LogP contribution in [0.5, 0.6) is 0 Å². The number of nitrogens with one attached hydrogen (secondary N) is 2. The third kappa shape index (κ3) is 4.57. The normalized spacial score (nSPS) is 17.1. The molecule has 0 radical (unpaired) electrons. The lowest BCUT2D eigenvalue weighted by atomic mass is 9.95. The second kappa shape index (κ2) is 8.30. The van der Waals surface area contributed by atoms with Gasteiger partial charge in [-0.2, -0.15) is 0 Å². The van der Waals surface area contributed by atoms with Crippen LogP contribution < -0.4 is 10.0 Å². The molecule has 0 unspecified atom stereocenters. The van der Waals surface area contributed by atoms with Gasteiger partial charge in [0.15, 0.2) is 10.7 Å². The van der Waals surface area contributed by atoms with Gasteiger partial charge in [0.1, 0.15) is 17.5 Å². The first-order valence-electron chi connectivity index (χ1n) is 10.4. The van der Waals surface area contributed by atoms with Crippen LogP contribution in [0.15, 0.2) is 46.1 Å². The Morgan fingerprint density at radius 2 is 1.82 bits per heavy atom. The number of sulfonamides is 1. The molecule has 2 fully saturated rings. The minimum absolute atomic E-state index is 0.00302. The Labute approximate surface area is 193 Å². The Hall–Kier alpha value is -2.63. The van der Waals surface area contributed by atoms with Crippen LogP contribution in [0, 0.1) is 22.9 Å². The standard InChI is InChI=1S/C22H21F3N4O2S2/c23-17-3-1-2-14(9-29-11-22(12-29)4-5-22)16(17)8-26-15-6-18(24)21(19(25)7-15)33(30,31)28-20-10-32-13-27-20/h1-3,6-7,10,13,26,28H,4-5,8-9,11-12H2. The quantitative estimate of drug-likeness (QED) is 0.480. The fraction of sp³-hybridized carbons (Fsp3) is 0.318. The maximum Gasteiger partial charge on any atom is 0.268 e. The number of aromatic nitrogens is 1. The van der Waals surface area contributed by atoms with E-state index in [4.69, 9.17) is 0 Å². The Morgan fingerprint density at radius 1 is 1.09 bits per heavy atom. The summed E-state index contributed by atoms with van der Waals surface area (Å²) >= 11 is 1.14. The molecule has 2 aliphatic rings. The molecule has 1 aromatic heterocycles. The van der Waals surface area contributed by atoms with Crippen molar-refractivity contribution in [3.63, 3.8) is 0 Å². The third-order valence-corrected chi connectivity index (χ3v) is 8.08. The number of nitrogens with zero attached hydrogens (tertiary/aromatic N) is 2. The lowest BCUT2D eigenvalue weighted by Gasteiger charge is -2.40. The highest BCUT2D eigenvalue weighted by Gasteiger charge is 2.51. The van der Waals surface area contributed by atoms with Gasteiger partial charge in [-0.3, -0.25) is 9.62 Å². The Bertz CT molecular complexity index is 1260. The first-order chi connectivity index (χ1) is 15.7. The molecule has 2 aromatic carbocycles. The molecule has 3 aromatic rings. The fourth-order valence-electron chi connectivity index (χ4n) is 4.26. The van der Waals surface area contributed by atoms with E-state index in [1.165, 1.54) is 29.8 Å². The maximum atomic E-state index is 14.6. The van der Waals surface area contributed by atoms with Crippen LogP contribution in [0.2, 0.25) is 0 Å². The van der Waals surface area contributed by atoms with Crippen LogP contribution in [-0.4, -0.2) is 31.4 Å². The average molecular weight is 495 g/mol. The smallest absolute Gasteiger partial charge is 0.268 e. The SMILES string of the molecule is O=S(=O)(Nc1cscn1)c1c(F)cc(NCc2c(F)cccc2CN2CC3(CC3)C2)cc1F. The van der Waals surface area contributed by atoms with Crippen molar-refractivity contribution in [2.45, 2.75) is 30.8 Å².